The summed E-state index contributed by atoms with van der Waals surface area (Å²) in [6, 6.07) is 1.47. The van der Waals surface area contributed by atoms with Crippen molar-refractivity contribution >= 4 is 20.0 Å². The standard InChI is InChI=1S/C17H29N3O6Si/c1-10(22)18-12-7-8-20(16(24)19-12)15-14(13(23)11(9-21)25-15)26-27(5,6)17(2,3)4/h7-8,11,13-15,21,23H,9H2,1-6H3,(H,18,19,22,24)/t11-,13?,14+,15-/m1/s1/i21D. The molecule has 152 valence electrons. The molecule has 0 aliphatic carbocycles. The second kappa shape index (κ2) is 7.80. The van der Waals surface area contributed by atoms with Gasteiger partial charge in [-0.25, -0.2) is 4.79 Å². The highest BCUT2D eigenvalue weighted by Crippen LogP contribution is 2.41. The number of amides is 1. The van der Waals surface area contributed by atoms with Crippen LogP contribution in [-0.4, -0.2) is 60.3 Å². The first-order valence-corrected chi connectivity index (χ1v) is 11.7. The third-order valence-corrected chi connectivity index (χ3v) is 9.60. The maximum atomic E-state index is 12.5. The van der Waals surface area contributed by atoms with Gasteiger partial charge >= 0.3 is 5.69 Å². The van der Waals surface area contributed by atoms with E-state index in [1.54, 1.807) is 0 Å². The Morgan fingerprint density at radius 2 is 2.19 bits per heavy atom. The number of ether oxygens (including phenoxy) is 1. The van der Waals surface area contributed by atoms with Crippen LogP contribution in [0.4, 0.5) is 5.82 Å². The minimum Gasteiger partial charge on any atom is -0.407 e. The summed E-state index contributed by atoms with van der Waals surface area (Å²) in [5, 5.41) is 17.4. The highest BCUT2D eigenvalue weighted by molar-refractivity contribution is 6.74. The van der Waals surface area contributed by atoms with E-state index in [4.69, 9.17) is 10.6 Å². The molecule has 27 heavy (non-hydrogen) atoms. The average Bonchev–Trinajstić information content (AvgIpc) is 2.83. The molecule has 1 unspecified atom stereocenters. The third-order valence-electron chi connectivity index (χ3n) is 5.12. The molecule has 1 amide bonds. The fourth-order valence-electron chi connectivity index (χ4n) is 2.58. The van der Waals surface area contributed by atoms with Crippen LogP contribution in [0.2, 0.25) is 18.1 Å². The number of nitrogens with one attached hydrogen (secondary N) is 1. The summed E-state index contributed by atoms with van der Waals surface area (Å²) in [6.45, 7) is 11.4. The van der Waals surface area contributed by atoms with Crippen molar-refractivity contribution in [1.82, 2.24) is 9.55 Å². The summed E-state index contributed by atoms with van der Waals surface area (Å²) in [5.41, 5.74) is -0.653. The third kappa shape index (κ3) is 4.64. The van der Waals surface area contributed by atoms with Crippen LogP contribution in [0.3, 0.4) is 0 Å². The molecule has 0 spiro atoms. The van der Waals surface area contributed by atoms with Crippen molar-refractivity contribution in [2.45, 2.75) is 70.4 Å². The van der Waals surface area contributed by atoms with Crippen molar-refractivity contribution in [3.05, 3.63) is 22.7 Å². The number of anilines is 1. The zero-order valence-corrected chi connectivity index (χ0v) is 17.6. The van der Waals surface area contributed by atoms with E-state index in [2.05, 4.69) is 36.2 Å². The smallest absolute Gasteiger partial charge is 0.351 e. The Morgan fingerprint density at radius 3 is 2.70 bits per heavy atom. The zero-order valence-electron chi connectivity index (χ0n) is 17.6. The van der Waals surface area contributed by atoms with Gasteiger partial charge < -0.3 is 24.7 Å². The van der Waals surface area contributed by atoms with Crippen molar-refractivity contribution in [2.24, 2.45) is 0 Å². The van der Waals surface area contributed by atoms with E-state index in [1.165, 1.54) is 23.8 Å². The summed E-state index contributed by atoms with van der Waals surface area (Å²) in [6.07, 6.45) is -2.22. The molecule has 1 aromatic heterocycles. The number of aromatic nitrogens is 2. The van der Waals surface area contributed by atoms with E-state index in [9.17, 15) is 14.7 Å². The number of aliphatic hydroxyl groups excluding tert-OH is 2. The Balaban J connectivity index is 2.38. The van der Waals surface area contributed by atoms with E-state index in [0.717, 1.165) is 0 Å². The predicted molar refractivity (Wildman–Crippen MR) is 102 cm³/mol. The molecule has 1 aromatic rings. The minimum atomic E-state index is -2.31. The van der Waals surface area contributed by atoms with Crippen LogP contribution in [0.1, 0.15) is 33.9 Å². The van der Waals surface area contributed by atoms with Crippen molar-refractivity contribution in [1.29, 1.82) is 1.43 Å². The highest BCUT2D eigenvalue weighted by Gasteiger charge is 2.50. The van der Waals surface area contributed by atoms with Gasteiger partial charge in [0.1, 0.15) is 24.1 Å². The Labute approximate surface area is 161 Å². The Bertz CT molecular complexity index is 766. The van der Waals surface area contributed by atoms with Gasteiger partial charge in [0.2, 0.25) is 7.34 Å². The largest absolute Gasteiger partial charge is 0.407 e. The maximum Gasteiger partial charge on any atom is 0.351 e. The number of hydrogen-bond acceptors (Lipinski definition) is 7. The summed E-state index contributed by atoms with van der Waals surface area (Å²) >= 11 is 0. The van der Waals surface area contributed by atoms with Gasteiger partial charge in [-0.05, 0) is 24.2 Å². The Morgan fingerprint density at radius 1 is 1.52 bits per heavy atom. The van der Waals surface area contributed by atoms with E-state index >= 15 is 0 Å². The Kier molecular flexibility index (Phi) is 5.82. The lowest BCUT2D eigenvalue weighted by molar-refractivity contribution is -0.114. The average molecular weight is 401 g/mol. The van der Waals surface area contributed by atoms with Gasteiger partial charge in [-0.2, -0.15) is 4.98 Å². The predicted octanol–water partition coefficient (Wildman–Crippen LogP) is 0.843. The van der Waals surface area contributed by atoms with Crippen LogP contribution >= 0.6 is 0 Å². The van der Waals surface area contributed by atoms with Crippen molar-refractivity contribution in [3.8, 4) is 0 Å². The van der Waals surface area contributed by atoms with Gasteiger partial charge in [-0.1, -0.05) is 20.8 Å². The van der Waals surface area contributed by atoms with Crippen molar-refractivity contribution in [2.75, 3.05) is 11.9 Å². The maximum absolute atomic E-state index is 12.5. The summed E-state index contributed by atoms with van der Waals surface area (Å²) < 4.78 is 20.4. The molecular weight excluding hydrogens is 370 g/mol. The molecule has 10 heteroatoms. The lowest BCUT2D eigenvalue weighted by atomic mass is 10.1. The number of carbonyl (C=O) groups is 1. The second-order valence-electron chi connectivity index (χ2n) is 8.25. The molecule has 1 aliphatic rings. The molecule has 1 fully saturated rings. The molecule has 4 atom stereocenters. The first-order chi connectivity index (χ1) is 12.9. The van der Waals surface area contributed by atoms with Crippen LogP contribution in [0.15, 0.2) is 17.1 Å². The van der Waals surface area contributed by atoms with Gasteiger partial charge in [0, 0.05) is 13.1 Å². The number of rotatable bonds is 6. The lowest BCUT2D eigenvalue weighted by Crippen LogP contribution is -2.49. The molecule has 0 aromatic carbocycles. The number of nitrogens with zero attached hydrogens (tertiary/aromatic N) is 2. The number of carbonyl (C=O) groups excluding carboxylic acids is 1. The number of hydrogen-bond donors (Lipinski definition) is 3. The van der Waals surface area contributed by atoms with Crippen LogP contribution in [0.25, 0.3) is 0 Å². The molecule has 0 saturated carbocycles. The first kappa shape index (κ1) is 20.1. The van der Waals surface area contributed by atoms with E-state index in [-0.39, 0.29) is 23.4 Å². The molecule has 1 aliphatic heterocycles. The van der Waals surface area contributed by atoms with Crippen LogP contribution < -0.4 is 11.0 Å². The molecule has 1 saturated heterocycles. The fraction of sp³-hybridized carbons (Fsp3) is 0.706. The van der Waals surface area contributed by atoms with Gasteiger partial charge in [0.15, 0.2) is 14.5 Å². The van der Waals surface area contributed by atoms with E-state index in [0.29, 0.717) is 0 Å². The first-order valence-electron chi connectivity index (χ1n) is 9.24. The van der Waals surface area contributed by atoms with Crippen LogP contribution in [-0.2, 0) is 14.0 Å². The molecular formula is C17H29N3O6Si. The fourth-order valence-corrected chi connectivity index (χ4v) is 3.87. The van der Waals surface area contributed by atoms with Gasteiger partial charge in [0.25, 0.3) is 0 Å². The summed E-state index contributed by atoms with van der Waals surface area (Å²) in [4.78, 5) is 27.5. The van der Waals surface area contributed by atoms with Crippen molar-refractivity contribution in [3.63, 3.8) is 0 Å². The van der Waals surface area contributed by atoms with Crippen molar-refractivity contribution < 1.29 is 24.2 Å². The number of aliphatic hydroxyl groups is 2. The molecule has 3 N–H and O–H groups in total. The SMILES string of the molecule is [2H]OC[C@H]1O[C@@H](n2ccc(NC(C)=O)nc2=O)[C@@H](O[Si](C)(C)C(C)(C)C)C1O. The quantitative estimate of drug-likeness (QED) is 0.605. The van der Waals surface area contributed by atoms with Gasteiger partial charge in [-0.15, -0.1) is 0 Å². The normalized spacial score (nSPS) is 26.7. The van der Waals surface area contributed by atoms with Gasteiger partial charge in [-0.3, -0.25) is 9.36 Å². The summed E-state index contributed by atoms with van der Waals surface area (Å²) in [5.74, 6) is -0.218. The minimum absolute atomic E-state index is 0.125. The topological polar surface area (TPSA) is 123 Å². The monoisotopic (exact) mass is 400 g/mol. The second-order valence-corrected chi connectivity index (χ2v) is 13.0. The van der Waals surface area contributed by atoms with Gasteiger partial charge in [0.05, 0.1) is 6.61 Å². The van der Waals surface area contributed by atoms with Crippen LogP contribution in [0.5, 0.6) is 0 Å². The Hall–Kier alpha value is -1.59. The molecule has 2 rings (SSSR count). The molecule has 0 bridgehead atoms. The zero-order chi connectivity index (χ0) is 21.3. The van der Waals surface area contributed by atoms with Crippen LogP contribution in [0, 0.1) is 0 Å². The molecule has 0 radical (unpaired) electrons. The molecule has 9 nitrogen and oxygen atoms in total. The van der Waals surface area contributed by atoms with E-state index < -0.39 is 38.5 Å². The summed E-state index contributed by atoms with van der Waals surface area (Å²) in [7, 11) is -2.31. The van der Waals surface area contributed by atoms with E-state index in [1.807, 2.05) is 13.1 Å². The molecule has 2 heterocycles. The lowest BCUT2D eigenvalue weighted by Gasteiger charge is -2.40. The highest BCUT2D eigenvalue weighted by atomic mass is 28.4.